The number of carboxylic acid groups (broad SMARTS) is 1. The second-order valence-corrected chi connectivity index (χ2v) is 5.65. The van der Waals surface area contributed by atoms with Crippen molar-refractivity contribution in [1.82, 2.24) is 9.88 Å². The molecule has 0 unspecified atom stereocenters. The SMILES string of the molecule is Cc1ncc(CN(C)C(=O)[C@@H]2C[C@H]2C(=O)O)s1. The van der Waals surface area contributed by atoms with Gasteiger partial charge in [0.25, 0.3) is 0 Å². The molecule has 1 amide bonds. The van der Waals surface area contributed by atoms with Gasteiger partial charge < -0.3 is 10.0 Å². The second kappa shape index (κ2) is 4.44. The number of carboxylic acids is 1. The molecule has 1 aromatic heterocycles. The Morgan fingerprint density at radius 3 is 2.76 bits per heavy atom. The number of hydrogen-bond acceptors (Lipinski definition) is 4. The van der Waals surface area contributed by atoms with Gasteiger partial charge >= 0.3 is 5.97 Å². The van der Waals surface area contributed by atoms with Gasteiger partial charge in [0.2, 0.25) is 5.91 Å². The number of aromatic nitrogens is 1. The average molecular weight is 254 g/mol. The molecule has 1 N–H and O–H groups in total. The average Bonchev–Trinajstić information content (AvgIpc) is 2.96. The van der Waals surface area contributed by atoms with Crippen LogP contribution in [-0.4, -0.2) is 33.9 Å². The van der Waals surface area contributed by atoms with E-state index in [9.17, 15) is 9.59 Å². The molecule has 0 saturated heterocycles. The molecule has 1 heterocycles. The zero-order valence-corrected chi connectivity index (χ0v) is 10.5. The number of aryl methyl sites for hydroxylation is 1. The van der Waals surface area contributed by atoms with Crippen molar-refractivity contribution in [2.45, 2.75) is 19.9 Å². The summed E-state index contributed by atoms with van der Waals surface area (Å²) in [5.74, 6) is -1.76. The molecule has 1 fully saturated rings. The minimum absolute atomic E-state index is 0.0801. The lowest BCUT2D eigenvalue weighted by atomic mass is 10.3. The van der Waals surface area contributed by atoms with Crippen molar-refractivity contribution >= 4 is 23.2 Å². The largest absolute Gasteiger partial charge is 0.481 e. The fourth-order valence-electron chi connectivity index (χ4n) is 1.81. The molecule has 1 saturated carbocycles. The lowest BCUT2D eigenvalue weighted by Crippen LogP contribution is -2.28. The number of rotatable bonds is 4. The predicted octanol–water partition coefficient (Wildman–Crippen LogP) is 1.13. The summed E-state index contributed by atoms with van der Waals surface area (Å²) in [6.45, 7) is 2.42. The van der Waals surface area contributed by atoms with Crippen molar-refractivity contribution in [3.05, 3.63) is 16.1 Å². The van der Waals surface area contributed by atoms with Crippen molar-refractivity contribution in [3.63, 3.8) is 0 Å². The van der Waals surface area contributed by atoms with Crippen molar-refractivity contribution in [2.24, 2.45) is 11.8 Å². The zero-order chi connectivity index (χ0) is 12.6. The summed E-state index contributed by atoms with van der Waals surface area (Å²) in [5, 5.41) is 9.74. The maximum atomic E-state index is 11.9. The van der Waals surface area contributed by atoms with Crippen LogP contribution in [0.15, 0.2) is 6.20 Å². The summed E-state index contributed by atoms with van der Waals surface area (Å²) in [4.78, 5) is 29.3. The maximum absolute atomic E-state index is 11.9. The summed E-state index contributed by atoms with van der Waals surface area (Å²) in [5.41, 5.74) is 0. The number of carbonyl (C=O) groups is 2. The first-order chi connectivity index (χ1) is 7.99. The van der Waals surface area contributed by atoms with Crippen LogP contribution >= 0.6 is 11.3 Å². The first kappa shape index (κ1) is 12.0. The van der Waals surface area contributed by atoms with Crippen LogP contribution < -0.4 is 0 Å². The van der Waals surface area contributed by atoms with Crippen LogP contribution in [0.2, 0.25) is 0 Å². The maximum Gasteiger partial charge on any atom is 0.307 e. The standard InChI is InChI=1S/C11H14N2O3S/c1-6-12-4-7(17-6)5-13(2)10(14)8-3-9(8)11(15)16/h4,8-9H,3,5H2,1-2H3,(H,15,16)/t8-,9-/m1/s1. The lowest BCUT2D eigenvalue weighted by Gasteiger charge is -2.15. The van der Waals surface area contributed by atoms with E-state index in [-0.39, 0.29) is 11.8 Å². The first-order valence-corrected chi connectivity index (χ1v) is 6.19. The van der Waals surface area contributed by atoms with Gasteiger partial charge in [0.05, 0.1) is 23.4 Å². The molecule has 17 heavy (non-hydrogen) atoms. The molecule has 1 aliphatic carbocycles. The summed E-state index contributed by atoms with van der Waals surface area (Å²) in [6, 6.07) is 0. The van der Waals surface area contributed by atoms with Gasteiger partial charge in [-0.2, -0.15) is 0 Å². The van der Waals surface area contributed by atoms with Crippen LogP contribution in [0.5, 0.6) is 0 Å². The Morgan fingerprint density at radius 1 is 1.59 bits per heavy atom. The van der Waals surface area contributed by atoms with E-state index in [0.717, 1.165) is 9.88 Å². The number of nitrogens with zero attached hydrogens (tertiary/aromatic N) is 2. The highest BCUT2D eigenvalue weighted by Gasteiger charge is 2.49. The predicted molar refractivity (Wildman–Crippen MR) is 62.6 cm³/mol. The van der Waals surface area contributed by atoms with Crippen molar-refractivity contribution in [2.75, 3.05) is 7.05 Å². The fourth-order valence-corrected chi connectivity index (χ4v) is 2.66. The van der Waals surface area contributed by atoms with Crippen LogP contribution in [-0.2, 0) is 16.1 Å². The highest BCUT2D eigenvalue weighted by atomic mass is 32.1. The molecule has 5 nitrogen and oxygen atoms in total. The summed E-state index contributed by atoms with van der Waals surface area (Å²) in [7, 11) is 1.70. The molecule has 0 aromatic carbocycles. The molecule has 1 aliphatic rings. The molecular formula is C11H14N2O3S. The lowest BCUT2D eigenvalue weighted by molar-refractivity contribution is -0.141. The normalized spacial score (nSPS) is 22.2. The molecular weight excluding hydrogens is 240 g/mol. The third-order valence-corrected chi connectivity index (χ3v) is 3.76. The van der Waals surface area contributed by atoms with Gasteiger partial charge in [0.1, 0.15) is 0 Å². The molecule has 2 rings (SSSR count). The smallest absolute Gasteiger partial charge is 0.307 e. The van der Waals surface area contributed by atoms with Gasteiger partial charge in [-0.15, -0.1) is 11.3 Å². The van der Waals surface area contributed by atoms with E-state index in [2.05, 4.69) is 4.98 Å². The molecule has 0 spiro atoms. The Morgan fingerprint density at radius 2 is 2.29 bits per heavy atom. The van der Waals surface area contributed by atoms with Crippen molar-refractivity contribution in [3.8, 4) is 0 Å². The Balaban J connectivity index is 1.91. The highest BCUT2D eigenvalue weighted by molar-refractivity contribution is 7.11. The summed E-state index contributed by atoms with van der Waals surface area (Å²) >= 11 is 1.55. The van der Waals surface area contributed by atoms with E-state index in [0.29, 0.717) is 13.0 Å². The van der Waals surface area contributed by atoms with Gasteiger partial charge in [0, 0.05) is 18.1 Å². The Hall–Kier alpha value is -1.43. The number of thiazole rings is 1. The molecule has 0 radical (unpaired) electrons. The fraction of sp³-hybridized carbons (Fsp3) is 0.545. The summed E-state index contributed by atoms with van der Waals surface area (Å²) in [6.07, 6.45) is 2.23. The van der Waals surface area contributed by atoms with Gasteiger partial charge in [-0.25, -0.2) is 4.98 Å². The van der Waals surface area contributed by atoms with Crippen LogP contribution in [0.3, 0.4) is 0 Å². The molecule has 0 bridgehead atoms. The molecule has 2 atom stereocenters. The topological polar surface area (TPSA) is 70.5 Å². The van der Waals surface area contributed by atoms with E-state index in [1.165, 1.54) is 0 Å². The Labute approximate surface area is 103 Å². The third kappa shape index (κ3) is 2.63. The second-order valence-electron chi connectivity index (χ2n) is 4.33. The van der Waals surface area contributed by atoms with Gasteiger partial charge in [-0.1, -0.05) is 0 Å². The number of hydrogen-bond donors (Lipinski definition) is 1. The van der Waals surface area contributed by atoms with E-state index < -0.39 is 11.9 Å². The number of amides is 1. The minimum atomic E-state index is -0.870. The number of aliphatic carboxylic acids is 1. The van der Waals surface area contributed by atoms with Crippen molar-refractivity contribution in [1.29, 1.82) is 0 Å². The van der Waals surface area contributed by atoms with E-state index >= 15 is 0 Å². The van der Waals surface area contributed by atoms with E-state index in [1.54, 1.807) is 29.5 Å². The van der Waals surface area contributed by atoms with Crippen LogP contribution in [0.1, 0.15) is 16.3 Å². The van der Waals surface area contributed by atoms with Crippen molar-refractivity contribution < 1.29 is 14.7 Å². The van der Waals surface area contributed by atoms with Gasteiger partial charge in [-0.05, 0) is 13.3 Å². The molecule has 0 aliphatic heterocycles. The Kier molecular flexibility index (Phi) is 3.15. The zero-order valence-electron chi connectivity index (χ0n) is 9.71. The van der Waals surface area contributed by atoms with Crippen LogP contribution in [0, 0.1) is 18.8 Å². The molecule has 92 valence electrons. The van der Waals surface area contributed by atoms with Gasteiger partial charge in [0.15, 0.2) is 0 Å². The molecule has 1 aromatic rings. The first-order valence-electron chi connectivity index (χ1n) is 5.38. The van der Waals surface area contributed by atoms with Crippen LogP contribution in [0.4, 0.5) is 0 Å². The Bertz CT molecular complexity index is 457. The quantitative estimate of drug-likeness (QED) is 0.874. The minimum Gasteiger partial charge on any atom is -0.481 e. The van der Waals surface area contributed by atoms with Crippen LogP contribution in [0.25, 0.3) is 0 Å². The monoisotopic (exact) mass is 254 g/mol. The third-order valence-electron chi connectivity index (χ3n) is 2.86. The van der Waals surface area contributed by atoms with E-state index in [1.807, 2.05) is 6.92 Å². The van der Waals surface area contributed by atoms with E-state index in [4.69, 9.17) is 5.11 Å². The van der Waals surface area contributed by atoms with Gasteiger partial charge in [-0.3, -0.25) is 9.59 Å². The number of carbonyl (C=O) groups excluding carboxylic acids is 1. The summed E-state index contributed by atoms with van der Waals surface area (Å²) < 4.78 is 0. The highest BCUT2D eigenvalue weighted by Crippen LogP contribution is 2.40. The molecule has 6 heteroatoms.